The van der Waals surface area contributed by atoms with Gasteiger partial charge >= 0.3 is 0 Å². The first-order valence-electron chi connectivity index (χ1n) is 5.71. The Morgan fingerprint density at radius 2 is 2.21 bits per heavy atom. The summed E-state index contributed by atoms with van der Waals surface area (Å²) in [6.45, 7) is 0.585. The number of anilines is 1. The summed E-state index contributed by atoms with van der Waals surface area (Å²) in [4.78, 5) is 21.1. The van der Waals surface area contributed by atoms with E-state index in [-0.39, 0.29) is 5.91 Å². The van der Waals surface area contributed by atoms with Crippen LogP contribution in [-0.4, -0.2) is 29.5 Å². The molecular weight excluding hydrogens is 328 g/mol. The predicted molar refractivity (Wildman–Crippen MR) is 79.6 cm³/mol. The lowest BCUT2D eigenvalue weighted by atomic mass is 10.3. The highest BCUT2D eigenvalue weighted by atomic mass is 79.9. The molecule has 0 saturated carbocycles. The van der Waals surface area contributed by atoms with Gasteiger partial charge in [-0.3, -0.25) is 4.79 Å². The van der Waals surface area contributed by atoms with Gasteiger partial charge in [0.1, 0.15) is 11.5 Å². The Balaban J connectivity index is 1.83. The average molecular weight is 341 g/mol. The third-order valence-electron chi connectivity index (χ3n) is 2.43. The Labute approximate surface area is 123 Å². The van der Waals surface area contributed by atoms with E-state index in [1.54, 1.807) is 18.4 Å². The van der Waals surface area contributed by atoms with Crippen LogP contribution >= 0.6 is 27.3 Å². The largest absolute Gasteiger partial charge is 0.372 e. The molecule has 0 aromatic carbocycles. The molecule has 1 amide bonds. The molecule has 0 atom stereocenters. The summed E-state index contributed by atoms with van der Waals surface area (Å²) in [5.41, 5.74) is 0.325. The van der Waals surface area contributed by atoms with Crippen LogP contribution in [0.1, 0.15) is 15.4 Å². The van der Waals surface area contributed by atoms with Gasteiger partial charge in [0.05, 0.1) is 16.2 Å². The third kappa shape index (κ3) is 4.00. The van der Waals surface area contributed by atoms with Gasteiger partial charge in [0.15, 0.2) is 0 Å². The molecule has 2 N–H and O–H groups in total. The molecule has 0 unspecified atom stereocenters. The number of rotatable bonds is 5. The molecule has 2 heterocycles. The van der Waals surface area contributed by atoms with E-state index in [2.05, 4.69) is 36.5 Å². The maximum atomic E-state index is 11.8. The lowest BCUT2D eigenvalue weighted by Gasteiger charge is -2.04. The van der Waals surface area contributed by atoms with Crippen LogP contribution in [0, 0.1) is 0 Å². The van der Waals surface area contributed by atoms with Crippen LogP contribution in [-0.2, 0) is 6.42 Å². The van der Waals surface area contributed by atoms with Crippen molar-refractivity contribution in [3.05, 3.63) is 38.9 Å². The second-order valence-corrected chi connectivity index (χ2v) is 6.30. The lowest BCUT2D eigenvalue weighted by molar-refractivity contribution is 0.0949. The number of aromatic nitrogens is 2. The van der Waals surface area contributed by atoms with E-state index >= 15 is 0 Å². The van der Waals surface area contributed by atoms with E-state index in [1.165, 1.54) is 17.3 Å². The molecule has 7 heteroatoms. The standard InChI is InChI=1S/C12H13BrN4OS/c1-14-11-7-16-9(6-17-11)12(18)15-5-4-8-2-3-10(13)19-8/h2-3,6-7H,4-5H2,1H3,(H,14,17)(H,15,18). The minimum absolute atomic E-state index is 0.203. The van der Waals surface area contributed by atoms with Crippen molar-refractivity contribution < 1.29 is 4.79 Å². The molecule has 0 bridgehead atoms. The molecule has 0 spiro atoms. The van der Waals surface area contributed by atoms with Crippen molar-refractivity contribution in [2.75, 3.05) is 18.9 Å². The Morgan fingerprint density at radius 1 is 1.37 bits per heavy atom. The van der Waals surface area contributed by atoms with Gasteiger partial charge in [-0.1, -0.05) is 0 Å². The van der Waals surface area contributed by atoms with Gasteiger partial charge in [-0.2, -0.15) is 0 Å². The molecule has 0 fully saturated rings. The zero-order valence-electron chi connectivity index (χ0n) is 10.3. The maximum Gasteiger partial charge on any atom is 0.271 e. The van der Waals surface area contributed by atoms with Crippen molar-refractivity contribution >= 4 is 39.0 Å². The lowest BCUT2D eigenvalue weighted by Crippen LogP contribution is -2.26. The number of carbonyl (C=O) groups is 1. The summed E-state index contributed by atoms with van der Waals surface area (Å²) >= 11 is 5.08. The van der Waals surface area contributed by atoms with Crippen LogP contribution < -0.4 is 10.6 Å². The third-order valence-corrected chi connectivity index (χ3v) is 4.11. The SMILES string of the molecule is CNc1cnc(C(=O)NCCc2ccc(Br)s2)cn1. The van der Waals surface area contributed by atoms with Gasteiger partial charge in [0, 0.05) is 18.5 Å². The fraction of sp³-hybridized carbons (Fsp3) is 0.250. The molecule has 2 rings (SSSR count). The van der Waals surface area contributed by atoms with Crippen LogP contribution in [0.25, 0.3) is 0 Å². The fourth-order valence-corrected chi connectivity index (χ4v) is 2.93. The first-order chi connectivity index (χ1) is 9.19. The first kappa shape index (κ1) is 14.0. The quantitative estimate of drug-likeness (QED) is 0.876. The van der Waals surface area contributed by atoms with Crippen molar-refractivity contribution in [3.8, 4) is 0 Å². The minimum atomic E-state index is -0.203. The summed E-state index contributed by atoms with van der Waals surface area (Å²) in [5, 5.41) is 5.68. The normalized spacial score (nSPS) is 10.2. The van der Waals surface area contributed by atoms with Crippen LogP contribution in [0.4, 0.5) is 5.82 Å². The van der Waals surface area contributed by atoms with Crippen LogP contribution in [0.3, 0.4) is 0 Å². The number of carbonyl (C=O) groups excluding carboxylic acids is 1. The number of amides is 1. The predicted octanol–water partition coefficient (Wildman–Crippen LogP) is 2.31. The highest BCUT2D eigenvalue weighted by Crippen LogP contribution is 2.22. The van der Waals surface area contributed by atoms with Crippen LogP contribution in [0.15, 0.2) is 28.3 Å². The Morgan fingerprint density at radius 3 is 2.79 bits per heavy atom. The maximum absolute atomic E-state index is 11.8. The first-order valence-corrected chi connectivity index (χ1v) is 7.32. The summed E-state index contributed by atoms with van der Waals surface area (Å²) in [5.74, 6) is 0.436. The van der Waals surface area contributed by atoms with E-state index in [1.807, 2.05) is 12.1 Å². The monoisotopic (exact) mass is 340 g/mol. The fourth-order valence-electron chi connectivity index (χ4n) is 1.45. The van der Waals surface area contributed by atoms with Gasteiger partial charge in [-0.25, -0.2) is 9.97 Å². The summed E-state index contributed by atoms with van der Waals surface area (Å²) in [6, 6.07) is 4.05. The van der Waals surface area contributed by atoms with Gasteiger partial charge in [0.2, 0.25) is 0 Å². The molecule has 19 heavy (non-hydrogen) atoms. The highest BCUT2D eigenvalue weighted by Gasteiger charge is 2.07. The average Bonchev–Trinajstić information content (AvgIpc) is 2.84. The van der Waals surface area contributed by atoms with E-state index in [9.17, 15) is 4.79 Å². The van der Waals surface area contributed by atoms with Crippen molar-refractivity contribution in [1.29, 1.82) is 0 Å². The van der Waals surface area contributed by atoms with E-state index in [0.717, 1.165) is 10.2 Å². The molecule has 5 nitrogen and oxygen atoms in total. The number of nitrogens with zero attached hydrogens (tertiary/aromatic N) is 2. The Kier molecular flexibility index (Phi) is 4.86. The second kappa shape index (κ2) is 6.63. The summed E-state index contributed by atoms with van der Waals surface area (Å²) in [6.07, 6.45) is 3.80. The number of hydrogen-bond donors (Lipinski definition) is 2. The molecule has 0 aliphatic rings. The van der Waals surface area contributed by atoms with E-state index < -0.39 is 0 Å². The molecule has 100 valence electrons. The smallest absolute Gasteiger partial charge is 0.271 e. The summed E-state index contributed by atoms with van der Waals surface area (Å²) in [7, 11) is 1.75. The van der Waals surface area contributed by atoms with E-state index in [0.29, 0.717) is 18.1 Å². The number of nitrogens with one attached hydrogen (secondary N) is 2. The van der Waals surface area contributed by atoms with Gasteiger partial charge in [-0.15, -0.1) is 11.3 Å². The van der Waals surface area contributed by atoms with Gasteiger partial charge < -0.3 is 10.6 Å². The molecule has 0 aliphatic heterocycles. The second-order valence-electron chi connectivity index (χ2n) is 3.75. The van der Waals surface area contributed by atoms with Crippen molar-refractivity contribution in [2.24, 2.45) is 0 Å². The van der Waals surface area contributed by atoms with Gasteiger partial charge in [-0.05, 0) is 34.5 Å². The Bertz CT molecular complexity index is 555. The topological polar surface area (TPSA) is 66.9 Å². The molecule has 0 radical (unpaired) electrons. The molecule has 2 aromatic heterocycles. The van der Waals surface area contributed by atoms with Gasteiger partial charge in [0.25, 0.3) is 5.91 Å². The van der Waals surface area contributed by atoms with Crippen molar-refractivity contribution in [3.63, 3.8) is 0 Å². The van der Waals surface area contributed by atoms with Crippen LogP contribution in [0.2, 0.25) is 0 Å². The van der Waals surface area contributed by atoms with Crippen LogP contribution in [0.5, 0.6) is 0 Å². The minimum Gasteiger partial charge on any atom is -0.372 e. The highest BCUT2D eigenvalue weighted by molar-refractivity contribution is 9.11. The number of hydrogen-bond acceptors (Lipinski definition) is 5. The molecule has 2 aromatic rings. The summed E-state index contributed by atoms with van der Waals surface area (Å²) < 4.78 is 1.10. The number of halogens is 1. The molecule has 0 aliphatic carbocycles. The molecular formula is C12H13BrN4OS. The Hall–Kier alpha value is -1.47. The zero-order valence-corrected chi connectivity index (χ0v) is 12.7. The number of thiophene rings is 1. The van der Waals surface area contributed by atoms with Crippen molar-refractivity contribution in [2.45, 2.75) is 6.42 Å². The zero-order chi connectivity index (χ0) is 13.7. The van der Waals surface area contributed by atoms with Crippen molar-refractivity contribution in [1.82, 2.24) is 15.3 Å². The molecule has 0 saturated heterocycles. The van der Waals surface area contributed by atoms with E-state index in [4.69, 9.17) is 0 Å².